The zero-order chi connectivity index (χ0) is 23.3. The van der Waals surface area contributed by atoms with Gasteiger partial charge in [-0.2, -0.15) is 0 Å². The summed E-state index contributed by atoms with van der Waals surface area (Å²) in [5.41, 5.74) is 2.50. The number of para-hydroxylation sites is 1. The van der Waals surface area contributed by atoms with Crippen molar-refractivity contribution in [1.29, 1.82) is 0 Å². The molecule has 2 aliphatic heterocycles. The Kier molecular flexibility index (Phi) is 6.56. The summed E-state index contributed by atoms with van der Waals surface area (Å²) in [5, 5.41) is 14.8. The molecule has 176 valence electrons. The predicted octanol–water partition coefficient (Wildman–Crippen LogP) is 4.55. The van der Waals surface area contributed by atoms with Crippen LogP contribution in [0.25, 0.3) is 11.4 Å². The molecule has 34 heavy (non-hydrogen) atoms. The lowest BCUT2D eigenvalue weighted by Gasteiger charge is -2.31. The number of hydrogen-bond acceptors (Lipinski definition) is 4. The van der Waals surface area contributed by atoms with Gasteiger partial charge in [-0.25, -0.2) is 4.79 Å². The first-order chi connectivity index (χ1) is 16.7. The van der Waals surface area contributed by atoms with E-state index in [2.05, 4.69) is 25.4 Å². The Balaban J connectivity index is 1.18. The third-order valence-electron chi connectivity index (χ3n) is 6.68. The normalized spacial score (nSPS) is 16.4. The van der Waals surface area contributed by atoms with Gasteiger partial charge in [-0.15, -0.1) is 10.2 Å². The van der Waals surface area contributed by atoms with Crippen LogP contribution in [0.1, 0.15) is 37.9 Å². The van der Waals surface area contributed by atoms with Crippen LogP contribution in [0.5, 0.6) is 0 Å². The van der Waals surface area contributed by atoms with Crippen molar-refractivity contribution in [1.82, 2.24) is 19.7 Å². The average Bonchev–Trinajstić information content (AvgIpc) is 3.13. The highest BCUT2D eigenvalue weighted by molar-refractivity contribution is 5.94. The number of benzene rings is 2. The summed E-state index contributed by atoms with van der Waals surface area (Å²) < 4.78 is 2.21. The van der Waals surface area contributed by atoms with Gasteiger partial charge in [0.05, 0.1) is 0 Å². The number of nitrogens with zero attached hydrogens (tertiary/aromatic N) is 4. The average molecular weight is 459 g/mol. The zero-order valence-electron chi connectivity index (χ0n) is 19.2. The monoisotopic (exact) mass is 458 g/mol. The number of amides is 3. The molecule has 2 aliphatic rings. The number of likely N-dealkylation sites (tertiary alicyclic amines) is 1. The van der Waals surface area contributed by atoms with E-state index in [-0.39, 0.29) is 17.9 Å². The minimum absolute atomic E-state index is 0.000315. The van der Waals surface area contributed by atoms with Gasteiger partial charge in [0.2, 0.25) is 5.91 Å². The van der Waals surface area contributed by atoms with Crippen LogP contribution >= 0.6 is 0 Å². The van der Waals surface area contributed by atoms with E-state index in [9.17, 15) is 9.59 Å². The molecule has 3 aromatic rings. The fourth-order valence-electron chi connectivity index (χ4n) is 4.75. The summed E-state index contributed by atoms with van der Waals surface area (Å²) in [4.78, 5) is 27.2. The molecule has 0 unspecified atom stereocenters. The van der Waals surface area contributed by atoms with E-state index in [0.717, 1.165) is 54.4 Å². The minimum Gasteiger partial charge on any atom is -0.326 e. The molecule has 1 saturated heterocycles. The van der Waals surface area contributed by atoms with Crippen molar-refractivity contribution in [2.24, 2.45) is 5.92 Å². The van der Waals surface area contributed by atoms with Gasteiger partial charge >= 0.3 is 6.03 Å². The van der Waals surface area contributed by atoms with Crippen LogP contribution in [0.4, 0.5) is 16.2 Å². The topological polar surface area (TPSA) is 92.2 Å². The molecule has 2 N–H and O–H groups in total. The van der Waals surface area contributed by atoms with Crippen molar-refractivity contribution in [3.8, 4) is 11.4 Å². The van der Waals surface area contributed by atoms with Crippen molar-refractivity contribution >= 4 is 23.3 Å². The minimum atomic E-state index is -0.120. The number of anilines is 2. The first-order valence-electron chi connectivity index (χ1n) is 12.1. The van der Waals surface area contributed by atoms with Crippen LogP contribution in [0.3, 0.4) is 0 Å². The van der Waals surface area contributed by atoms with Gasteiger partial charge < -0.3 is 20.1 Å². The molecule has 0 bridgehead atoms. The van der Waals surface area contributed by atoms with Crippen molar-refractivity contribution in [3.63, 3.8) is 0 Å². The van der Waals surface area contributed by atoms with Gasteiger partial charge in [-0.3, -0.25) is 4.79 Å². The molecular weight excluding hydrogens is 428 g/mol. The third-order valence-corrected chi connectivity index (χ3v) is 6.68. The molecule has 3 amide bonds. The van der Waals surface area contributed by atoms with Gasteiger partial charge in [0.25, 0.3) is 0 Å². The summed E-state index contributed by atoms with van der Waals surface area (Å²) in [6, 6.07) is 17.1. The molecule has 0 atom stereocenters. The molecule has 5 rings (SSSR count). The Morgan fingerprint density at radius 1 is 0.824 bits per heavy atom. The largest absolute Gasteiger partial charge is 0.326 e. The van der Waals surface area contributed by atoms with Gasteiger partial charge in [0.1, 0.15) is 5.82 Å². The summed E-state index contributed by atoms with van der Waals surface area (Å²) in [5.74, 6) is 1.80. The zero-order valence-corrected chi connectivity index (χ0v) is 19.2. The van der Waals surface area contributed by atoms with Crippen LogP contribution in [-0.4, -0.2) is 44.7 Å². The van der Waals surface area contributed by atoms with E-state index in [1.807, 2.05) is 54.6 Å². The number of piperidine rings is 1. The number of nitrogens with one attached hydrogen (secondary N) is 2. The number of carbonyl (C=O) groups is 2. The maximum absolute atomic E-state index is 12.9. The molecule has 2 aromatic carbocycles. The van der Waals surface area contributed by atoms with Gasteiger partial charge in [-0.1, -0.05) is 36.8 Å². The molecule has 8 heteroatoms. The molecule has 8 nitrogen and oxygen atoms in total. The highest BCUT2D eigenvalue weighted by atomic mass is 16.2. The van der Waals surface area contributed by atoms with Crippen LogP contribution in [0, 0.1) is 5.92 Å². The summed E-state index contributed by atoms with van der Waals surface area (Å²) in [6.45, 7) is 2.05. The molecular formula is C26H30N6O2. The lowest BCUT2D eigenvalue weighted by atomic mass is 9.96. The number of aromatic nitrogens is 3. The Bertz CT molecular complexity index is 1150. The number of rotatable bonds is 4. The fourth-order valence-corrected chi connectivity index (χ4v) is 4.75. The lowest BCUT2D eigenvalue weighted by Crippen LogP contribution is -2.43. The van der Waals surface area contributed by atoms with E-state index in [0.29, 0.717) is 25.9 Å². The maximum atomic E-state index is 12.9. The highest BCUT2D eigenvalue weighted by Crippen LogP contribution is 2.26. The first-order valence-corrected chi connectivity index (χ1v) is 12.1. The summed E-state index contributed by atoms with van der Waals surface area (Å²) in [7, 11) is 0. The van der Waals surface area contributed by atoms with Crippen molar-refractivity contribution < 1.29 is 9.59 Å². The number of carbonyl (C=O) groups excluding carboxylic acids is 2. The van der Waals surface area contributed by atoms with Crippen molar-refractivity contribution in [2.45, 2.75) is 45.1 Å². The third kappa shape index (κ3) is 4.95. The smallest absolute Gasteiger partial charge is 0.321 e. The molecule has 0 spiro atoms. The Morgan fingerprint density at radius 3 is 2.44 bits per heavy atom. The highest BCUT2D eigenvalue weighted by Gasteiger charge is 2.27. The van der Waals surface area contributed by atoms with Crippen LogP contribution in [-0.2, 0) is 17.8 Å². The van der Waals surface area contributed by atoms with E-state index in [1.54, 1.807) is 4.90 Å². The number of fused-ring (bicyclic) bond motifs is 1. The van der Waals surface area contributed by atoms with Gasteiger partial charge in [0, 0.05) is 48.9 Å². The predicted molar refractivity (Wildman–Crippen MR) is 131 cm³/mol. The maximum Gasteiger partial charge on any atom is 0.321 e. The molecule has 0 radical (unpaired) electrons. The van der Waals surface area contributed by atoms with E-state index in [1.165, 1.54) is 6.42 Å². The summed E-state index contributed by atoms with van der Waals surface area (Å²) >= 11 is 0. The standard InChI is InChI=1S/C26H30N6O2/c33-25(19-13-16-31(17-14-19)26(34)28-21-9-3-1-4-10-21)27-22-11-7-8-20(18-22)24-30-29-23-12-5-2-6-15-32(23)24/h1,3-4,7-11,18-19H,2,5-6,12-17H2,(H,27,33)(H,28,34). The van der Waals surface area contributed by atoms with Crippen molar-refractivity contribution in [2.75, 3.05) is 23.7 Å². The quantitative estimate of drug-likeness (QED) is 0.600. The number of urea groups is 1. The fraction of sp³-hybridized carbons (Fsp3) is 0.385. The summed E-state index contributed by atoms with van der Waals surface area (Å²) in [6.07, 6.45) is 5.76. The Labute approximate surface area is 199 Å². The molecule has 3 heterocycles. The van der Waals surface area contributed by atoms with E-state index >= 15 is 0 Å². The SMILES string of the molecule is O=C(Nc1cccc(-c2nnc3n2CCCCC3)c1)C1CCN(C(=O)Nc2ccccc2)CC1. The molecule has 1 aromatic heterocycles. The Morgan fingerprint density at radius 2 is 1.62 bits per heavy atom. The van der Waals surface area contributed by atoms with E-state index < -0.39 is 0 Å². The second kappa shape index (κ2) is 10.1. The number of hydrogen-bond donors (Lipinski definition) is 2. The second-order valence-corrected chi connectivity index (χ2v) is 9.03. The second-order valence-electron chi connectivity index (χ2n) is 9.03. The van der Waals surface area contributed by atoms with Crippen LogP contribution in [0.2, 0.25) is 0 Å². The Hall–Kier alpha value is -3.68. The van der Waals surface area contributed by atoms with Gasteiger partial charge in [0.15, 0.2) is 5.82 Å². The molecule has 1 fully saturated rings. The van der Waals surface area contributed by atoms with E-state index in [4.69, 9.17) is 0 Å². The number of aryl methyl sites for hydroxylation is 1. The van der Waals surface area contributed by atoms with Crippen LogP contribution in [0.15, 0.2) is 54.6 Å². The lowest BCUT2D eigenvalue weighted by molar-refractivity contribution is -0.121. The van der Waals surface area contributed by atoms with Crippen molar-refractivity contribution in [3.05, 3.63) is 60.4 Å². The molecule has 0 aliphatic carbocycles. The van der Waals surface area contributed by atoms with Crippen LogP contribution < -0.4 is 10.6 Å². The van der Waals surface area contributed by atoms with Gasteiger partial charge in [-0.05, 0) is 49.9 Å². The molecule has 0 saturated carbocycles. The first kappa shape index (κ1) is 22.1.